The second-order valence-electron chi connectivity index (χ2n) is 0.707. The molecule has 0 amide bonds. The maximum absolute atomic E-state index is 3.54. The number of hydrogen-bond acceptors (Lipinski definition) is 0. The van der Waals surface area contributed by atoms with Crippen LogP contribution in [0.25, 0.3) is 0 Å². The average Bonchev–Trinajstić information content (AvgIpc) is 1.37. The molecule has 0 radical (unpaired) electrons. The third-order valence-electron chi connectivity index (χ3n) is 0.250. The van der Waals surface area contributed by atoms with E-state index >= 15 is 0 Å². The van der Waals surface area contributed by atoms with Crippen LogP contribution in [0.3, 0.4) is 0 Å². The van der Waals surface area contributed by atoms with Gasteiger partial charge in [-0.3, -0.25) is 0 Å². The molecule has 0 heterocycles. The third-order valence-corrected chi connectivity index (χ3v) is 0.250. The first-order valence-electron chi connectivity index (χ1n) is 1.50. The quantitative estimate of drug-likeness (QED) is 0.396. The fourth-order valence-electron chi connectivity index (χ4n) is 0. The Bertz CT molecular complexity index is 8.90. The largest absolute Gasteiger partial charge is 2.00 e. The van der Waals surface area contributed by atoms with E-state index in [-0.39, 0.29) is 63.2 Å². The number of hydrogen-bond donors (Lipinski definition) is 0. The van der Waals surface area contributed by atoms with Gasteiger partial charge in [0.2, 0.25) is 0 Å². The van der Waals surface area contributed by atoms with Gasteiger partial charge in [-0.15, -0.1) is 0 Å². The van der Waals surface area contributed by atoms with Crippen LogP contribution < -0.4 is 0 Å². The zero-order valence-electron chi connectivity index (χ0n) is 4.05. The normalized spacial score (nSPS) is 4.29. The molecule has 42 valence electrons. The minimum Gasteiger partial charge on any atom is -0.346 e. The summed E-state index contributed by atoms with van der Waals surface area (Å²) >= 11 is 0. The van der Waals surface area contributed by atoms with E-state index in [1.54, 1.807) is 0 Å². The maximum atomic E-state index is 3.54. The fraction of sp³-hybridized carbons (Fsp3) is 0.500. The summed E-state index contributed by atoms with van der Waals surface area (Å²) in [6.07, 6.45) is 1.92. The molecule has 0 bridgehead atoms. The van der Waals surface area contributed by atoms with E-state index in [9.17, 15) is 0 Å². The molecule has 0 spiro atoms. The molecular weight excluding hydrogens is 600 g/mol. The third kappa shape index (κ3) is 31.6. The first-order valence-corrected chi connectivity index (χ1v) is 1.50. The van der Waals surface area contributed by atoms with Gasteiger partial charge in [-0.25, -0.2) is 12.8 Å². The molecule has 0 saturated carbocycles. The molecule has 0 aliphatic rings. The summed E-state index contributed by atoms with van der Waals surface area (Å²) in [4.78, 5) is 0. The van der Waals surface area contributed by atoms with Crippen LogP contribution in [0.4, 0.5) is 0 Å². The molecule has 7 heavy (non-hydrogen) atoms. The topological polar surface area (TPSA) is 0 Å². The first-order chi connectivity index (χ1) is 1.91. The van der Waals surface area contributed by atoms with Gasteiger partial charge in [0.05, 0.1) is 0 Å². The van der Waals surface area contributed by atoms with Crippen LogP contribution in [0.15, 0.2) is 0 Å². The molecule has 0 aliphatic heterocycles. The van der Waals surface area contributed by atoms with Gasteiger partial charge >= 0.3 is 21.1 Å². The molecule has 0 unspecified atom stereocenters. The molecule has 0 aliphatic carbocycles. The molecule has 0 aromatic heterocycles. The Labute approximate surface area is 89.0 Å². The molecule has 0 N–H and O–H groups in total. The summed E-state index contributed by atoms with van der Waals surface area (Å²) in [6, 6.07) is 0. The first kappa shape index (κ1) is 23.0. The minimum absolute atomic E-state index is 0. The van der Waals surface area contributed by atoms with Crippen molar-refractivity contribution in [1.29, 1.82) is 0 Å². The van der Waals surface area contributed by atoms with Crippen LogP contribution in [0.5, 0.6) is 0 Å². The predicted octanol–water partition coefficient (Wildman–Crippen LogP) is 1.43. The SMILES string of the molecule is [CH2-]CC[CH2-].[W+2].[W].[W]. The predicted molar refractivity (Wildman–Crippen MR) is 19.9 cm³/mol. The molecule has 0 rings (SSSR count). The Kier molecular flexibility index (Phi) is 80.0. The molecule has 0 atom stereocenters. The van der Waals surface area contributed by atoms with Crippen LogP contribution >= 0.6 is 0 Å². The van der Waals surface area contributed by atoms with Crippen molar-refractivity contribution in [2.24, 2.45) is 0 Å². The van der Waals surface area contributed by atoms with Crippen LogP contribution in [-0.4, -0.2) is 0 Å². The summed E-state index contributed by atoms with van der Waals surface area (Å²) in [5.41, 5.74) is 0. The van der Waals surface area contributed by atoms with E-state index < -0.39 is 0 Å². The van der Waals surface area contributed by atoms with Crippen molar-refractivity contribution in [2.45, 2.75) is 12.8 Å². The van der Waals surface area contributed by atoms with E-state index in [2.05, 4.69) is 13.8 Å². The molecule has 3 heteroatoms. The van der Waals surface area contributed by atoms with Crippen LogP contribution in [0.1, 0.15) is 12.8 Å². The summed E-state index contributed by atoms with van der Waals surface area (Å²) in [6.45, 7) is 7.08. The second kappa shape index (κ2) is 24.4. The van der Waals surface area contributed by atoms with Gasteiger partial charge < -0.3 is 13.8 Å². The Balaban J connectivity index is -0.0000000150. The average molecular weight is 608 g/mol. The van der Waals surface area contributed by atoms with Gasteiger partial charge in [-0.1, -0.05) is 0 Å². The zero-order chi connectivity index (χ0) is 3.41. The van der Waals surface area contributed by atoms with E-state index in [0.717, 1.165) is 12.8 Å². The Morgan fingerprint density at radius 3 is 1.00 bits per heavy atom. The fourth-order valence-corrected chi connectivity index (χ4v) is 0. The van der Waals surface area contributed by atoms with E-state index in [4.69, 9.17) is 0 Å². The number of rotatable bonds is 1. The van der Waals surface area contributed by atoms with Crippen molar-refractivity contribution >= 4 is 0 Å². The van der Waals surface area contributed by atoms with Crippen molar-refractivity contribution in [1.82, 2.24) is 0 Å². The van der Waals surface area contributed by atoms with E-state index in [1.165, 1.54) is 0 Å². The van der Waals surface area contributed by atoms with Crippen LogP contribution in [0.2, 0.25) is 0 Å². The molecule has 0 fully saturated rings. The van der Waals surface area contributed by atoms with Crippen molar-refractivity contribution < 1.29 is 63.2 Å². The summed E-state index contributed by atoms with van der Waals surface area (Å²) in [5, 5.41) is 0. The monoisotopic (exact) mass is 608 g/mol. The summed E-state index contributed by atoms with van der Waals surface area (Å²) < 4.78 is 0. The Morgan fingerprint density at radius 2 is 1.00 bits per heavy atom. The van der Waals surface area contributed by atoms with Crippen molar-refractivity contribution in [2.75, 3.05) is 0 Å². The van der Waals surface area contributed by atoms with Crippen LogP contribution in [-0.2, 0) is 63.2 Å². The van der Waals surface area contributed by atoms with Gasteiger partial charge in [-0.2, -0.15) is 0 Å². The minimum atomic E-state index is 0. The molecule has 0 aromatic carbocycles. The molecular formula is C4H8W3. The van der Waals surface area contributed by atoms with Crippen molar-refractivity contribution in [3.63, 3.8) is 0 Å². The van der Waals surface area contributed by atoms with Gasteiger partial charge in [-0.05, 0) is 0 Å². The van der Waals surface area contributed by atoms with Gasteiger partial charge in [0.25, 0.3) is 0 Å². The molecule has 0 nitrogen and oxygen atoms in total. The second-order valence-corrected chi connectivity index (χ2v) is 0.707. The Hall–Kier alpha value is 2.06. The van der Waals surface area contributed by atoms with E-state index in [0.29, 0.717) is 0 Å². The number of unbranched alkanes of at least 4 members (excludes halogenated alkanes) is 1. The van der Waals surface area contributed by atoms with Crippen molar-refractivity contribution in [3.05, 3.63) is 13.8 Å². The maximum Gasteiger partial charge on any atom is 2.00 e. The summed E-state index contributed by atoms with van der Waals surface area (Å²) in [7, 11) is 0. The smallest absolute Gasteiger partial charge is 0.346 e. The zero-order valence-corrected chi connectivity index (χ0v) is 12.9. The molecule has 0 saturated heterocycles. The van der Waals surface area contributed by atoms with Gasteiger partial charge in [0.15, 0.2) is 0 Å². The van der Waals surface area contributed by atoms with Gasteiger partial charge in [0, 0.05) is 42.1 Å². The van der Waals surface area contributed by atoms with Crippen LogP contribution in [0, 0.1) is 13.8 Å². The molecule has 0 aromatic rings. The van der Waals surface area contributed by atoms with Crippen molar-refractivity contribution in [3.8, 4) is 0 Å². The standard InChI is InChI=1S/C4H8.3W/c1-3-4-2;;;/h1-4H2;;;/q-2;;;+2. The Morgan fingerprint density at radius 1 is 0.857 bits per heavy atom. The van der Waals surface area contributed by atoms with Gasteiger partial charge in [0.1, 0.15) is 0 Å². The van der Waals surface area contributed by atoms with E-state index in [1.807, 2.05) is 0 Å². The summed E-state index contributed by atoms with van der Waals surface area (Å²) in [5.74, 6) is 0.